The smallest absolute Gasteiger partial charge is 0.307 e. The van der Waals surface area contributed by atoms with Gasteiger partial charge in [0.2, 0.25) is 5.88 Å². The Balaban J connectivity index is 1.39. The predicted molar refractivity (Wildman–Crippen MR) is 109 cm³/mol. The molecule has 0 radical (unpaired) electrons. The zero-order valence-electron chi connectivity index (χ0n) is 16.0. The van der Waals surface area contributed by atoms with Gasteiger partial charge in [-0.15, -0.1) is 0 Å². The van der Waals surface area contributed by atoms with E-state index in [2.05, 4.69) is 4.98 Å². The third-order valence-corrected chi connectivity index (χ3v) is 5.56. The van der Waals surface area contributed by atoms with E-state index in [0.29, 0.717) is 40.7 Å². The van der Waals surface area contributed by atoms with Crippen molar-refractivity contribution in [3.63, 3.8) is 0 Å². The lowest BCUT2D eigenvalue weighted by Gasteiger charge is -2.35. The summed E-state index contributed by atoms with van der Waals surface area (Å²) in [4.78, 5) is 14.0. The van der Waals surface area contributed by atoms with E-state index >= 15 is 0 Å². The van der Waals surface area contributed by atoms with E-state index in [-0.39, 0.29) is 23.1 Å². The van der Waals surface area contributed by atoms with E-state index in [1.165, 1.54) is 0 Å². The van der Waals surface area contributed by atoms with Crippen molar-refractivity contribution < 1.29 is 24.4 Å². The normalized spacial score (nSPS) is 17.9. The number of hydrogen-bond donors (Lipinski definition) is 3. The van der Waals surface area contributed by atoms with Crippen LogP contribution in [0.15, 0.2) is 41.2 Å². The summed E-state index contributed by atoms with van der Waals surface area (Å²) < 4.78 is 17.7. The van der Waals surface area contributed by atoms with Gasteiger partial charge in [0, 0.05) is 12.5 Å². The van der Waals surface area contributed by atoms with Gasteiger partial charge in [0.15, 0.2) is 17.1 Å². The first kappa shape index (κ1) is 19.2. The number of ether oxygens (including phenoxy) is 3. The van der Waals surface area contributed by atoms with Crippen LogP contribution in [0.3, 0.4) is 0 Å². The van der Waals surface area contributed by atoms with Crippen LogP contribution >= 0.6 is 11.3 Å². The molecule has 2 heterocycles. The van der Waals surface area contributed by atoms with Crippen molar-refractivity contribution in [2.75, 3.05) is 13.2 Å². The maximum absolute atomic E-state index is 11.3. The third kappa shape index (κ3) is 4.17. The topological polar surface area (TPSA) is 101 Å². The number of aromatic amines is 1. The van der Waals surface area contributed by atoms with Crippen molar-refractivity contribution in [3.8, 4) is 28.9 Å². The van der Waals surface area contributed by atoms with E-state index in [1.807, 2.05) is 31.2 Å². The van der Waals surface area contributed by atoms with Gasteiger partial charge in [-0.05, 0) is 43.2 Å². The number of thiazole rings is 1. The molecule has 0 spiro atoms. The van der Waals surface area contributed by atoms with Crippen molar-refractivity contribution in [1.29, 1.82) is 0 Å². The van der Waals surface area contributed by atoms with Crippen LogP contribution in [-0.4, -0.2) is 34.0 Å². The van der Waals surface area contributed by atoms with Gasteiger partial charge in [0.25, 0.3) is 0 Å². The molecule has 0 amide bonds. The summed E-state index contributed by atoms with van der Waals surface area (Å²) >= 11 is 1.000. The molecule has 1 atom stereocenters. The minimum atomic E-state index is -0.668. The number of aromatic hydroxyl groups is 2. The fourth-order valence-corrected chi connectivity index (χ4v) is 3.79. The highest BCUT2D eigenvalue weighted by atomic mass is 32.1. The van der Waals surface area contributed by atoms with Crippen LogP contribution in [0, 0.1) is 6.92 Å². The minimum Gasteiger partial charge on any atom is -0.508 e. The molecular weight excluding hydrogens is 394 g/mol. The van der Waals surface area contributed by atoms with Crippen LogP contribution in [-0.2, 0) is 6.42 Å². The molecule has 29 heavy (non-hydrogen) atoms. The number of aromatic nitrogens is 1. The van der Waals surface area contributed by atoms with Crippen LogP contribution in [0.25, 0.3) is 0 Å². The van der Waals surface area contributed by atoms with E-state index in [0.717, 1.165) is 16.9 Å². The number of nitrogens with one attached hydrogen (secondary N) is 1. The van der Waals surface area contributed by atoms with Gasteiger partial charge in [0.05, 0.1) is 4.88 Å². The lowest BCUT2D eigenvalue weighted by molar-refractivity contribution is -0.0266. The summed E-state index contributed by atoms with van der Waals surface area (Å²) in [6.45, 7) is 4.29. The average molecular weight is 415 g/mol. The van der Waals surface area contributed by atoms with Crippen molar-refractivity contribution in [2.24, 2.45) is 0 Å². The Bertz CT molecular complexity index is 1090. The molecule has 1 aliphatic heterocycles. The van der Waals surface area contributed by atoms with Gasteiger partial charge in [0.1, 0.15) is 24.7 Å². The third-order valence-electron chi connectivity index (χ3n) is 4.68. The first-order chi connectivity index (χ1) is 13.8. The second-order valence-corrected chi connectivity index (χ2v) is 8.39. The largest absolute Gasteiger partial charge is 0.508 e. The lowest BCUT2D eigenvalue weighted by Crippen LogP contribution is -2.47. The molecule has 1 aromatic heterocycles. The average Bonchev–Trinajstić information content (AvgIpc) is 2.99. The molecule has 0 fully saturated rings. The highest BCUT2D eigenvalue weighted by Crippen LogP contribution is 2.39. The quantitative estimate of drug-likeness (QED) is 0.591. The maximum Gasteiger partial charge on any atom is 0.307 e. The number of aryl methyl sites for hydroxylation is 1. The second kappa shape index (κ2) is 7.36. The Morgan fingerprint density at radius 1 is 1.21 bits per heavy atom. The number of phenols is 1. The zero-order chi connectivity index (χ0) is 20.6. The number of rotatable bonds is 5. The number of benzene rings is 2. The van der Waals surface area contributed by atoms with Crippen LogP contribution in [0.1, 0.15) is 22.9 Å². The monoisotopic (exact) mass is 415 g/mol. The van der Waals surface area contributed by atoms with Gasteiger partial charge in [-0.2, -0.15) is 0 Å². The molecule has 0 saturated heterocycles. The van der Waals surface area contributed by atoms with Gasteiger partial charge < -0.3 is 24.4 Å². The van der Waals surface area contributed by atoms with E-state index < -0.39 is 5.60 Å². The molecule has 7 nitrogen and oxygen atoms in total. The minimum absolute atomic E-state index is 0.0773. The molecule has 4 rings (SSSR count). The van der Waals surface area contributed by atoms with Crippen LogP contribution in [0.4, 0.5) is 0 Å². The number of phenolic OH excluding ortho intramolecular Hbond substituents is 1. The zero-order valence-corrected chi connectivity index (χ0v) is 16.8. The predicted octanol–water partition coefficient (Wildman–Crippen LogP) is 3.36. The standard InChI is InChI=1S/C21H21NO6S/c1-12-7-17-16(9-15(12)23)27-11-21(2,28-17)10-26-14-5-3-13(4-6-14)8-18-19(24)22-20(25)29-18/h3-7,9,23-24H,8,10-11H2,1-2H3,(H,22,25). The van der Waals surface area contributed by atoms with Gasteiger partial charge >= 0.3 is 4.87 Å². The molecule has 0 saturated carbocycles. The highest BCUT2D eigenvalue weighted by molar-refractivity contribution is 7.09. The first-order valence-corrected chi connectivity index (χ1v) is 9.91. The van der Waals surface area contributed by atoms with E-state index in [4.69, 9.17) is 14.2 Å². The number of hydrogen-bond acceptors (Lipinski definition) is 7. The molecule has 2 aromatic carbocycles. The molecule has 1 unspecified atom stereocenters. The van der Waals surface area contributed by atoms with Crippen LogP contribution < -0.4 is 19.1 Å². The molecular formula is C21H21NO6S. The fraction of sp³-hybridized carbons (Fsp3) is 0.286. The molecule has 0 aliphatic carbocycles. The summed E-state index contributed by atoms with van der Waals surface area (Å²) in [6.07, 6.45) is 0.465. The molecule has 0 bridgehead atoms. The van der Waals surface area contributed by atoms with Crippen LogP contribution in [0.5, 0.6) is 28.9 Å². The second-order valence-electron chi connectivity index (χ2n) is 7.32. The van der Waals surface area contributed by atoms with Gasteiger partial charge in [-0.25, -0.2) is 0 Å². The molecule has 8 heteroatoms. The maximum atomic E-state index is 11.3. The van der Waals surface area contributed by atoms with Crippen LogP contribution in [0.2, 0.25) is 0 Å². The number of H-pyrrole nitrogens is 1. The molecule has 3 aromatic rings. The van der Waals surface area contributed by atoms with Gasteiger partial charge in [-0.1, -0.05) is 23.5 Å². The molecule has 1 aliphatic rings. The molecule has 152 valence electrons. The van der Waals surface area contributed by atoms with E-state index in [9.17, 15) is 15.0 Å². The summed E-state index contributed by atoms with van der Waals surface area (Å²) in [7, 11) is 0. The highest BCUT2D eigenvalue weighted by Gasteiger charge is 2.34. The number of fused-ring (bicyclic) bond motifs is 1. The van der Waals surface area contributed by atoms with Crippen molar-refractivity contribution in [3.05, 3.63) is 62.1 Å². The summed E-state index contributed by atoms with van der Waals surface area (Å²) in [5.41, 5.74) is 1.00. The SMILES string of the molecule is Cc1cc2c(cc1O)OCC(C)(COc1ccc(Cc3sc(=O)[nH]c3O)cc1)O2. The van der Waals surface area contributed by atoms with Gasteiger partial charge in [-0.3, -0.25) is 9.78 Å². The molecule has 3 N–H and O–H groups in total. The summed E-state index contributed by atoms with van der Waals surface area (Å²) in [6, 6.07) is 10.8. The Hall–Kier alpha value is -3.13. The summed E-state index contributed by atoms with van der Waals surface area (Å²) in [5, 5.41) is 19.5. The Morgan fingerprint density at radius 2 is 1.97 bits per heavy atom. The van der Waals surface area contributed by atoms with E-state index in [1.54, 1.807) is 19.1 Å². The lowest BCUT2D eigenvalue weighted by atomic mass is 10.1. The summed E-state index contributed by atoms with van der Waals surface area (Å²) in [5.74, 6) is 1.88. The Labute approximate surface area is 171 Å². The van der Waals surface area contributed by atoms with Crippen molar-refractivity contribution >= 4 is 11.3 Å². The van der Waals surface area contributed by atoms with Crippen molar-refractivity contribution in [2.45, 2.75) is 25.9 Å². The Morgan fingerprint density at radius 3 is 2.66 bits per heavy atom. The van der Waals surface area contributed by atoms with Crippen molar-refractivity contribution in [1.82, 2.24) is 4.98 Å². The fourth-order valence-electron chi connectivity index (χ4n) is 3.04. The first-order valence-electron chi connectivity index (χ1n) is 9.09. The Kier molecular flexibility index (Phi) is 4.87.